The van der Waals surface area contributed by atoms with Gasteiger partial charge in [-0.25, -0.2) is 0 Å². The molecule has 1 aliphatic rings. The van der Waals surface area contributed by atoms with Crippen LogP contribution in [0.3, 0.4) is 0 Å². The Labute approximate surface area is 74.5 Å². The van der Waals surface area contributed by atoms with Crippen molar-refractivity contribution in [3.8, 4) is 12.3 Å². The van der Waals surface area contributed by atoms with E-state index >= 15 is 0 Å². The van der Waals surface area contributed by atoms with Gasteiger partial charge in [0.15, 0.2) is 0 Å². The van der Waals surface area contributed by atoms with Crippen LogP contribution in [-0.2, 0) is 4.74 Å². The molecule has 0 aliphatic carbocycles. The Morgan fingerprint density at radius 2 is 2.42 bits per heavy atom. The molecule has 1 unspecified atom stereocenters. The van der Waals surface area contributed by atoms with E-state index in [1.807, 2.05) is 0 Å². The molecule has 0 aromatic rings. The van der Waals surface area contributed by atoms with E-state index in [1.54, 1.807) is 0 Å². The van der Waals surface area contributed by atoms with Gasteiger partial charge in [-0.3, -0.25) is 0 Å². The first-order valence-electron chi connectivity index (χ1n) is 4.54. The molecule has 1 fully saturated rings. The van der Waals surface area contributed by atoms with Gasteiger partial charge in [-0.15, -0.1) is 12.3 Å². The average molecular weight is 167 g/mol. The van der Waals surface area contributed by atoms with Crippen LogP contribution in [0, 0.1) is 17.8 Å². The number of ether oxygens (including phenoxy) is 1. The molecule has 2 nitrogen and oxygen atoms in total. The molecule has 0 aromatic carbocycles. The fourth-order valence-corrected chi connectivity index (χ4v) is 1.71. The summed E-state index contributed by atoms with van der Waals surface area (Å²) in [6.45, 7) is 2.39. The quantitative estimate of drug-likeness (QED) is 0.640. The van der Waals surface area contributed by atoms with Gasteiger partial charge in [0.05, 0.1) is 6.61 Å². The monoisotopic (exact) mass is 167 g/mol. The summed E-state index contributed by atoms with van der Waals surface area (Å²) in [4.78, 5) is 0. The summed E-state index contributed by atoms with van der Waals surface area (Å²) in [6.07, 6.45) is 9.36. The zero-order valence-corrected chi connectivity index (χ0v) is 7.51. The van der Waals surface area contributed by atoms with E-state index in [0.717, 1.165) is 32.5 Å². The summed E-state index contributed by atoms with van der Waals surface area (Å²) in [7, 11) is 0. The fourth-order valence-electron chi connectivity index (χ4n) is 1.71. The highest BCUT2D eigenvalue weighted by Crippen LogP contribution is 2.31. The van der Waals surface area contributed by atoms with Crippen LogP contribution in [0.25, 0.3) is 0 Å². The van der Waals surface area contributed by atoms with Gasteiger partial charge in [-0.2, -0.15) is 0 Å². The van der Waals surface area contributed by atoms with Crippen LogP contribution in [0.5, 0.6) is 0 Å². The molecule has 0 aromatic heterocycles. The summed E-state index contributed by atoms with van der Waals surface area (Å²) in [5.74, 6) is 2.66. The second kappa shape index (κ2) is 4.49. The van der Waals surface area contributed by atoms with Crippen molar-refractivity contribution in [3.63, 3.8) is 0 Å². The molecular formula is C10H17NO. The third-order valence-electron chi connectivity index (χ3n) is 2.64. The predicted molar refractivity (Wildman–Crippen MR) is 49.6 cm³/mol. The lowest BCUT2D eigenvalue weighted by molar-refractivity contribution is -0.00663. The molecule has 0 radical (unpaired) electrons. The molecule has 0 amide bonds. The Morgan fingerprint density at radius 1 is 1.58 bits per heavy atom. The van der Waals surface area contributed by atoms with Crippen molar-refractivity contribution in [1.82, 2.24) is 0 Å². The zero-order valence-electron chi connectivity index (χ0n) is 7.51. The first-order valence-corrected chi connectivity index (χ1v) is 4.54. The second-order valence-corrected chi connectivity index (χ2v) is 3.56. The van der Waals surface area contributed by atoms with Gasteiger partial charge in [0.25, 0.3) is 0 Å². The van der Waals surface area contributed by atoms with Crippen molar-refractivity contribution in [3.05, 3.63) is 0 Å². The molecule has 2 N–H and O–H groups in total. The van der Waals surface area contributed by atoms with E-state index in [9.17, 15) is 0 Å². The van der Waals surface area contributed by atoms with Crippen LogP contribution < -0.4 is 5.73 Å². The molecule has 0 spiro atoms. The van der Waals surface area contributed by atoms with E-state index in [4.69, 9.17) is 16.9 Å². The summed E-state index contributed by atoms with van der Waals surface area (Å²) in [5, 5.41) is 0. The van der Waals surface area contributed by atoms with Gasteiger partial charge in [0.1, 0.15) is 0 Å². The maximum atomic E-state index is 5.73. The van der Waals surface area contributed by atoms with E-state index in [1.165, 1.54) is 6.42 Å². The standard InChI is InChI=1S/C10H17NO/c1-2-3-5-10(8-11)6-4-7-12-9-10/h1H,3-9,11H2. The van der Waals surface area contributed by atoms with Crippen molar-refractivity contribution in [2.45, 2.75) is 25.7 Å². The van der Waals surface area contributed by atoms with Crippen molar-refractivity contribution in [2.75, 3.05) is 19.8 Å². The molecule has 1 aliphatic heterocycles. The van der Waals surface area contributed by atoms with Crippen LogP contribution in [0.4, 0.5) is 0 Å². The summed E-state index contributed by atoms with van der Waals surface area (Å²) < 4.78 is 5.42. The number of rotatable bonds is 3. The normalized spacial score (nSPS) is 29.7. The first-order chi connectivity index (χ1) is 5.83. The van der Waals surface area contributed by atoms with E-state index in [2.05, 4.69) is 5.92 Å². The minimum atomic E-state index is 0.185. The molecule has 1 rings (SSSR count). The largest absolute Gasteiger partial charge is 0.381 e. The molecule has 0 bridgehead atoms. The third kappa shape index (κ3) is 2.23. The Morgan fingerprint density at radius 3 is 2.92 bits per heavy atom. The molecule has 1 saturated heterocycles. The fraction of sp³-hybridized carbons (Fsp3) is 0.800. The summed E-state index contributed by atoms with van der Waals surface area (Å²) >= 11 is 0. The van der Waals surface area contributed by atoms with Gasteiger partial charge in [0, 0.05) is 25.0 Å². The van der Waals surface area contributed by atoms with Crippen molar-refractivity contribution < 1.29 is 4.74 Å². The Balaban J connectivity index is 2.43. The molecule has 68 valence electrons. The van der Waals surface area contributed by atoms with Crippen molar-refractivity contribution >= 4 is 0 Å². The van der Waals surface area contributed by atoms with Crippen LogP contribution in [0.15, 0.2) is 0 Å². The summed E-state index contributed by atoms with van der Waals surface area (Å²) in [6, 6.07) is 0. The second-order valence-electron chi connectivity index (χ2n) is 3.56. The highest BCUT2D eigenvalue weighted by Gasteiger charge is 2.30. The molecule has 12 heavy (non-hydrogen) atoms. The van der Waals surface area contributed by atoms with Crippen LogP contribution in [-0.4, -0.2) is 19.8 Å². The predicted octanol–water partition coefficient (Wildman–Crippen LogP) is 1.16. The van der Waals surface area contributed by atoms with E-state index < -0.39 is 0 Å². The van der Waals surface area contributed by atoms with Crippen molar-refractivity contribution in [2.24, 2.45) is 11.1 Å². The first kappa shape index (κ1) is 9.57. The summed E-state index contributed by atoms with van der Waals surface area (Å²) in [5.41, 5.74) is 5.92. The van der Waals surface area contributed by atoms with Crippen LogP contribution >= 0.6 is 0 Å². The van der Waals surface area contributed by atoms with Gasteiger partial charge in [-0.05, 0) is 19.3 Å². The topological polar surface area (TPSA) is 35.2 Å². The number of hydrogen-bond donors (Lipinski definition) is 1. The van der Waals surface area contributed by atoms with Gasteiger partial charge in [-0.1, -0.05) is 0 Å². The Hall–Kier alpha value is -0.520. The molecular weight excluding hydrogens is 150 g/mol. The van der Waals surface area contributed by atoms with Crippen molar-refractivity contribution in [1.29, 1.82) is 0 Å². The SMILES string of the molecule is C#CCCC1(CN)CCCOC1. The smallest absolute Gasteiger partial charge is 0.0534 e. The van der Waals surface area contributed by atoms with Gasteiger partial charge in [0.2, 0.25) is 0 Å². The molecule has 1 heterocycles. The van der Waals surface area contributed by atoms with Crippen LogP contribution in [0.1, 0.15) is 25.7 Å². The lowest BCUT2D eigenvalue weighted by atomic mass is 9.79. The highest BCUT2D eigenvalue weighted by atomic mass is 16.5. The van der Waals surface area contributed by atoms with Gasteiger partial charge >= 0.3 is 0 Å². The maximum absolute atomic E-state index is 5.73. The lowest BCUT2D eigenvalue weighted by Gasteiger charge is -2.35. The number of nitrogens with two attached hydrogens (primary N) is 1. The lowest BCUT2D eigenvalue weighted by Crippen LogP contribution is -2.38. The minimum Gasteiger partial charge on any atom is -0.381 e. The molecule has 2 heteroatoms. The maximum Gasteiger partial charge on any atom is 0.0534 e. The third-order valence-corrected chi connectivity index (χ3v) is 2.64. The van der Waals surface area contributed by atoms with Gasteiger partial charge < -0.3 is 10.5 Å². The van der Waals surface area contributed by atoms with E-state index in [-0.39, 0.29) is 5.41 Å². The highest BCUT2D eigenvalue weighted by molar-refractivity contribution is 4.90. The number of terminal acetylenes is 1. The molecule has 0 saturated carbocycles. The number of hydrogen-bond acceptors (Lipinski definition) is 2. The minimum absolute atomic E-state index is 0.185. The van der Waals surface area contributed by atoms with E-state index in [0.29, 0.717) is 6.54 Å². The zero-order chi connectivity index (χ0) is 8.86. The molecule has 1 atom stereocenters. The average Bonchev–Trinajstić information content (AvgIpc) is 2.16. The Kier molecular flexibility index (Phi) is 3.58. The van der Waals surface area contributed by atoms with Crippen LogP contribution in [0.2, 0.25) is 0 Å². The Bertz CT molecular complexity index is 165.